The Morgan fingerprint density at radius 3 is 2.51 bits per heavy atom. The molecular weight excluding hydrogens is 462 g/mol. The minimum Gasteiger partial charge on any atom is -0.406 e. The number of ether oxygens (including phenoxy) is 1. The van der Waals surface area contributed by atoms with Crippen molar-refractivity contribution in [3.63, 3.8) is 0 Å². The van der Waals surface area contributed by atoms with Gasteiger partial charge in [-0.2, -0.15) is 0 Å². The van der Waals surface area contributed by atoms with Gasteiger partial charge in [0.05, 0.1) is 6.20 Å². The SMILES string of the molecule is O=C(c1ccc(OC(F)(F)F)cc1)N1CCC(c2c(F)cnc3[nH]c4c(c23)CC2CCC4C2)CC1. The number of H-pyrrole nitrogens is 1. The van der Waals surface area contributed by atoms with Crippen LogP contribution in [-0.4, -0.2) is 40.2 Å². The maximum absolute atomic E-state index is 15.2. The number of likely N-dealkylation sites (tertiary alicyclic amines) is 1. The molecule has 184 valence electrons. The zero-order chi connectivity index (χ0) is 24.3. The Bertz CT molecular complexity index is 1280. The van der Waals surface area contributed by atoms with Gasteiger partial charge in [-0.3, -0.25) is 4.79 Å². The third-order valence-corrected chi connectivity index (χ3v) is 7.92. The number of hydrogen-bond acceptors (Lipinski definition) is 3. The molecule has 2 aromatic heterocycles. The van der Waals surface area contributed by atoms with Gasteiger partial charge >= 0.3 is 6.36 Å². The number of benzene rings is 1. The minimum absolute atomic E-state index is 0.0217. The number of alkyl halides is 3. The van der Waals surface area contributed by atoms with E-state index in [9.17, 15) is 18.0 Å². The third kappa shape index (κ3) is 4.04. The Morgan fingerprint density at radius 2 is 1.80 bits per heavy atom. The van der Waals surface area contributed by atoms with E-state index in [1.165, 1.54) is 48.8 Å². The number of piperidine rings is 1. The molecule has 1 amide bonds. The molecule has 2 atom stereocenters. The van der Waals surface area contributed by atoms with E-state index < -0.39 is 6.36 Å². The Balaban J connectivity index is 1.20. The average Bonchev–Trinajstić information content (AvgIpc) is 3.40. The van der Waals surface area contributed by atoms with Crippen LogP contribution >= 0.6 is 0 Å². The van der Waals surface area contributed by atoms with Crippen LogP contribution in [-0.2, 0) is 6.42 Å². The Labute approximate surface area is 199 Å². The number of nitrogens with one attached hydrogen (secondary N) is 1. The number of amides is 1. The number of fused-ring (bicyclic) bond motifs is 6. The minimum atomic E-state index is -4.78. The van der Waals surface area contributed by atoms with Gasteiger partial charge in [-0.05, 0) is 86.1 Å². The Morgan fingerprint density at radius 1 is 1.06 bits per heavy atom. The molecule has 1 saturated carbocycles. The molecule has 1 saturated heterocycles. The molecular formula is C26H25F4N3O2. The van der Waals surface area contributed by atoms with Crippen molar-refractivity contribution in [1.29, 1.82) is 0 Å². The number of pyridine rings is 1. The first-order chi connectivity index (χ1) is 16.8. The van der Waals surface area contributed by atoms with E-state index >= 15 is 4.39 Å². The number of carbonyl (C=O) groups excluding carboxylic acids is 1. The molecule has 2 aliphatic carbocycles. The lowest BCUT2D eigenvalue weighted by Crippen LogP contribution is -2.38. The van der Waals surface area contributed by atoms with Crippen LogP contribution in [0.5, 0.6) is 5.75 Å². The van der Waals surface area contributed by atoms with Crippen LogP contribution in [0.1, 0.15) is 71.1 Å². The first-order valence-electron chi connectivity index (χ1n) is 12.1. The van der Waals surface area contributed by atoms with E-state index in [1.54, 1.807) is 4.90 Å². The molecule has 3 aromatic rings. The van der Waals surface area contributed by atoms with Gasteiger partial charge in [0.1, 0.15) is 17.2 Å². The number of hydrogen-bond donors (Lipinski definition) is 1. The van der Waals surface area contributed by atoms with Gasteiger partial charge in [-0.15, -0.1) is 13.2 Å². The highest BCUT2D eigenvalue weighted by molar-refractivity contribution is 5.94. The molecule has 9 heteroatoms. The van der Waals surface area contributed by atoms with E-state index in [0.717, 1.165) is 35.2 Å². The van der Waals surface area contributed by atoms with Crippen LogP contribution in [0.25, 0.3) is 11.0 Å². The molecule has 1 aromatic carbocycles. The van der Waals surface area contributed by atoms with E-state index in [0.29, 0.717) is 43.3 Å². The van der Waals surface area contributed by atoms with Gasteiger partial charge in [0.15, 0.2) is 0 Å². The molecule has 2 bridgehead atoms. The molecule has 6 rings (SSSR count). The van der Waals surface area contributed by atoms with Crippen LogP contribution in [0.2, 0.25) is 0 Å². The van der Waals surface area contributed by atoms with Crippen LogP contribution < -0.4 is 4.74 Å². The van der Waals surface area contributed by atoms with E-state index in [1.807, 2.05) is 0 Å². The summed E-state index contributed by atoms with van der Waals surface area (Å²) in [6.45, 7) is 0.900. The summed E-state index contributed by atoms with van der Waals surface area (Å²) in [5.41, 5.74) is 4.25. The topological polar surface area (TPSA) is 58.2 Å². The molecule has 5 nitrogen and oxygen atoms in total. The second-order valence-corrected chi connectivity index (χ2v) is 9.98. The van der Waals surface area contributed by atoms with Crippen LogP contribution in [0.4, 0.5) is 17.6 Å². The lowest BCUT2D eigenvalue weighted by molar-refractivity contribution is -0.274. The number of aromatic amines is 1. The fourth-order valence-electron chi connectivity index (χ4n) is 6.36. The Kier molecular flexibility index (Phi) is 5.27. The van der Waals surface area contributed by atoms with Gasteiger partial charge in [0, 0.05) is 35.3 Å². The maximum atomic E-state index is 15.2. The Hall–Kier alpha value is -3.10. The van der Waals surface area contributed by atoms with Gasteiger partial charge in [0.25, 0.3) is 5.91 Å². The van der Waals surface area contributed by atoms with Gasteiger partial charge < -0.3 is 14.6 Å². The van der Waals surface area contributed by atoms with Crippen molar-refractivity contribution in [3.05, 3.63) is 58.7 Å². The number of halogens is 4. The van der Waals surface area contributed by atoms with Crippen molar-refractivity contribution in [1.82, 2.24) is 14.9 Å². The number of rotatable bonds is 3. The highest BCUT2D eigenvalue weighted by Gasteiger charge is 2.37. The largest absolute Gasteiger partial charge is 0.573 e. The number of nitrogens with zero attached hydrogens (tertiary/aromatic N) is 2. The highest BCUT2D eigenvalue weighted by atomic mass is 19.4. The monoisotopic (exact) mass is 487 g/mol. The summed E-state index contributed by atoms with van der Waals surface area (Å²) in [7, 11) is 0. The highest BCUT2D eigenvalue weighted by Crippen LogP contribution is 2.49. The van der Waals surface area contributed by atoms with Gasteiger partial charge in [-0.25, -0.2) is 9.37 Å². The lowest BCUT2D eigenvalue weighted by atomic mass is 9.82. The summed E-state index contributed by atoms with van der Waals surface area (Å²) in [6, 6.07) is 4.95. The summed E-state index contributed by atoms with van der Waals surface area (Å²) in [5.74, 6) is 0.247. The summed E-state index contributed by atoms with van der Waals surface area (Å²) >= 11 is 0. The molecule has 0 spiro atoms. The smallest absolute Gasteiger partial charge is 0.406 e. The van der Waals surface area contributed by atoms with Crippen molar-refractivity contribution >= 4 is 16.9 Å². The second-order valence-electron chi connectivity index (χ2n) is 9.98. The van der Waals surface area contributed by atoms with Crippen molar-refractivity contribution in [2.45, 2.75) is 56.7 Å². The van der Waals surface area contributed by atoms with Crippen LogP contribution in [0, 0.1) is 11.7 Å². The molecule has 35 heavy (non-hydrogen) atoms. The van der Waals surface area contributed by atoms with E-state index in [4.69, 9.17) is 0 Å². The van der Waals surface area contributed by atoms with E-state index in [2.05, 4.69) is 14.7 Å². The molecule has 3 heterocycles. The fourth-order valence-corrected chi connectivity index (χ4v) is 6.36. The normalized spacial score (nSPS) is 22.5. The van der Waals surface area contributed by atoms with Crippen molar-refractivity contribution in [2.24, 2.45) is 5.92 Å². The van der Waals surface area contributed by atoms with Crippen molar-refractivity contribution in [2.75, 3.05) is 13.1 Å². The molecule has 1 aliphatic heterocycles. The molecule has 2 fully saturated rings. The zero-order valence-corrected chi connectivity index (χ0v) is 19.0. The van der Waals surface area contributed by atoms with Gasteiger partial charge in [-0.1, -0.05) is 0 Å². The zero-order valence-electron chi connectivity index (χ0n) is 19.0. The van der Waals surface area contributed by atoms with Gasteiger partial charge in [0.2, 0.25) is 0 Å². The predicted molar refractivity (Wildman–Crippen MR) is 121 cm³/mol. The summed E-state index contributed by atoms with van der Waals surface area (Å²) in [6.07, 6.45) is 2.31. The lowest BCUT2D eigenvalue weighted by Gasteiger charge is -2.33. The van der Waals surface area contributed by atoms with Crippen molar-refractivity contribution < 1.29 is 27.1 Å². The van der Waals surface area contributed by atoms with E-state index in [-0.39, 0.29) is 23.4 Å². The van der Waals surface area contributed by atoms with Crippen molar-refractivity contribution in [3.8, 4) is 5.75 Å². The molecule has 3 aliphatic rings. The third-order valence-electron chi connectivity index (χ3n) is 7.92. The maximum Gasteiger partial charge on any atom is 0.573 e. The quantitative estimate of drug-likeness (QED) is 0.457. The standard InChI is InChI=1S/C26H25F4N3O2/c27-20-13-31-24-22(19-12-14-1-2-17(11-14)23(19)32-24)21(20)15-7-9-33(10-8-15)25(34)16-3-5-18(6-4-16)35-26(28,29)30/h3-6,13-15,17H,1-2,7-12H2,(H,31,32). The number of carbonyl (C=O) groups is 1. The predicted octanol–water partition coefficient (Wildman–Crippen LogP) is 6.06. The summed E-state index contributed by atoms with van der Waals surface area (Å²) < 4.78 is 56.2. The second kappa shape index (κ2) is 8.24. The molecule has 2 unspecified atom stereocenters. The first-order valence-corrected chi connectivity index (χ1v) is 12.1. The average molecular weight is 487 g/mol. The fraction of sp³-hybridized carbons (Fsp3) is 0.462. The number of aromatic nitrogens is 2. The molecule has 1 N–H and O–H groups in total. The summed E-state index contributed by atoms with van der Waals surface area (Å²) in [5, 5.41) is 0.946. The molecule has 0 radical (unpaired) electrons. The van der Waals surface area contributed by atoms with Crippen LogP contribution in [0.15, 0.2) is 30.5 Å². The summed E-state index contributed by atoms with van der Waals surface area (Å²) in [4.78, 5) is 22.5. The van der Waals surface area contributed by atoms with Crippen LogP contribution in [0.3, 0.4) is 0 Å². The first kappa shape index (κ1) is 22.4.